The summed E-state index contributed by atoms with van der Waals surface area (Å²) >= 11 is 0. The van der Waals surface area contributed by atoms with Gasteiger partial charge in [0.25, 0.3) is 0 Å². The van der Waals surface area contributed by atoms with Gasteiger partial charge in [-0.05, 0) is 39.5 Å². The van der Waals surface area contributed by atoms with Crippen LogP contribution in [0.4, 0.5) is 0 Å². The monoisotopic (exact) mass is 367 g/mol. The number of nitrogens with zero attached hydrogens (tertiary/aromatic N) is 2. The molecule has 0 bridgehead atoms. The predicted octanol–water partition coefficient (Wildman–Crippen LogP) is 1.85. The fourth-order valence-corrected chi connectivity index (χ4v) is 3.34. The molecule has 0 saturated carbocycles. The molecule has 0 aromatic heterocycles. The maximum Gasteiger partial charge on any atom is 0.224 e. The van der Waals surface area contributed by atoms with E-state index in [1.165, 1.54) is 6.92 Å². The third kappa shape index (κ3) is 7.14. The number of carbonyl (C=O) groups excluding carboxylic acids is 4. The molecule has 0 spiro atoms. The van der Waals surface area contributed by atoms with Crippen LogP contribution in [0.3, 0.4) is 0 Å². The van der Waals surface area contributed by atoms with Gasteiger partial charge < -0.3 is 19.9 Å². The van der Waals surface area contributed by atoms with Gasteiger partial charge in [-0.1, -0.05) is 6.92 Å². The lowest BCUT2D eigenvalue weighted by molar-refractivity contribution is -0.132. The zero-order valence-electron chi connectivity index (χ0n) is 16.5. The molecule has 2 aliphatic heterocycles. The van der Waals surface area contributed by atoms with Gasteiger partial charge in [0.1, 0.15) is 11.9 Å². The minimum Gasteiger partial charge on any atom is -0.340 e. The first-order valence-corrected chi connectivity index (χ1v) is 9.61. The summed E-state index contributed by atoms with van der Waals surface area (Å²) in [4.78, 5) is 47.8. The molecule has 2 fully saturated rings. The molecule has 2 unspecified atom stereocenters. The zero-order valence-corrected chi connectivity index (χ0v) is 16.5. The van der Waals surface area contributed by atoms with Crippen molar-refractivity contribution in [1.82, 2.24) is 15.1 Å². The summed E-state index contributed by atoms with van der Waals surface area (Å²) in [5, 5.41) is 2.77. The molecule has 1 N–H and O–H groups in total. The van der Waals surface area contributed by atoms with E-state index >= 15 is 0 Å². The summed E-state index contributed by atoms with van der Waals surface area (Å²) in [6, 6.07) is 0.235. The number of hydrogen-bond acceptors (Lipinski definition) is 4. The Morgan fingerprint density at radius 2 is 1.58 bits per heavy atom. The summed E-state index contributed by atoms with van der Waals surface area (Å²) in [5.74, 6) is 0.529. The van der Waals surface area contributed by atoms with E-state index in [-0.39, 0.29) is 35.7 Å². The Hall–Kier alpha value is -1.92. The summed E-state index contributed by atoms with van der Waals surface area (Å²) in [6.45, 7) is 8.70. The quantitative estimate of drug-likeness (QED) is 0.744. The van der Waals surface area contributed by atoms with Crippen molar-refractivity contribution in [1.29, 1.82) is 0 Å². The third-order valence-electron chi connectivity index (χ3n) is 4.80. The molecular weight excluding hydrogens is 334 g/mol. The highest BCUT2D eigenvalue weighted by Crippen LogP contribution is 2.16. The van der Waals surface area contributed by atoms with Gasteiger partial charge in [-0.25, -0.2) is 0 Å². The van der Waals surface area contributed by atoms with Gasteiger partial charge in [0.2, 0.25) is 17.7 Å². The van der Waals surface area contributed by atoms with Crippen molar-refractivity contribution >= 4 is 23.5 Å². The maximum absolute atomic E-state index is 11.3. The Bertz CT molecular complexity index is 521. The third-order valence-corrected chi connectivity index (χ3v) is 4.80. The van der Waals surface area contributed by atoms with Gasteiger partial charge in [0, 0.05) is 45.3 Å². The van der Waals surface area contributed by atoms with E-state index in [0.717, 1.165) is 38.8 Å². The van der Waals surface area contributed by atoms with Crippen LogP contribution in [-0.4, -0.2) is 58.6 Å². The summed E-state index contributed by atoms with van der Waals surface area (Å²) in [7, 11) is 0. The van der Waals surface area contributed by atoms with Gasteiger partial charge in [-0.2, -0.15) is 0 Å². The van der Waals surface area contributed by atoms with E-state index in [0.29, 0.717) is 19.3 Å². The van der Waals surface area contributed by atoms with Gasteiger partial charge in [-0.15, -0.1) is 0 Å². The molecular formula is C19H33N3O4. The largest absolute Gasteiger partial charge is 0.340 e. The molecule has 0 aromatic rings. The number of carbonyl (C=O) groups is 4. The number of Topliss-reactive ketones (excluding diaryl/α,β-unsaturated/α-hetero) is 1. The number of likely N-dealkylation sites (tertiary alicyclic amines) is 2. The van der Waals surface area contributed by atoms with E-state index in [1.54, 1.807) is 11.8 Å². The average molecular weight is 367 g/mol. The number of ketones is 1. The Labute approximate surface area is 156 Å². The topological polar surface area (TPSA) is 86.8 Å². The lowest BCUT2D eigenvalue weighted by Crippen LogP contribution is -2.47. The van der Waals surface area contributed by atoms with Gasteiger partial charge in [0.05, 0.1) is 0 Å². The van der Waals surface area contributed by atoms with Crippen LogP contribution in [0.5, 0.6) is 0 Å². The zero-order chi connectivity index (χ0) is 19.7. The van der Waals surface area contributed by atoms with Crippen LogP contribution in [0, 0.1) is 0 Å². The molecule has 26 heavy (non-hydrogen) atoms. The Morgan fingerprint density at radius 3 is 1.96 bits per heavy atom. The Morgan fingerprint density at radius 1 is 1.04 bits per heavy atom. The fraction of sp³-hybridized carbons (Fsp3) is 0.789. The van der Waals surface area contributed by atoms with Crippen LogP contribution in [0.2, 0.25) is 0 Å². The molecule has 2 rings (SSSR count). The van der Waals surface area contributed by atoms with Crippen molar-refractivity contribution in [3.05, 3.63) is 0 Å². The molecule has 7 nitrogen and oxygen atoms in total. The van der Waals surface area contributed by atoms with E-state index in [4.69, 9.17) is 0 Å². The number of hydrogen-bond donors (Lipinski definition) is 1. The first kappa shape index (κ1) is 22.1. The molecule has 2 atom stereocenters. The highest BCUT2D eigenvalue weighted by atomic mass is 16.2. The SMILES string of the molecule is CC(=O)CCC(C)N1CCCC1=O.CCC(NC(C)=O)N1CCCC1=O. The summed E-state index contributed by atoms with van der Waals surface area (Å²) in [5.41, 5.74) is 0. The molecule has 2 aliphatic rings. The number of nitrogens with one attached hydrogen (secondary N) is 1. The van der Waals surface area contributed by atoms with E-state index < -0.39 is 0 Å². The Kier molecular flexibility index (Phi) is 9.30. The molecule has 2 saturated heterocycles. The second kappa shape index (κ2) is 10.9. The van der Waals surface area contributed by atoms with Crippen LogP contribution in [0.1, 0.15) is 72.6 Å². The van der Waals surface area contributed by atoms with Crippen LogP contribution in [-0.2, 0) is 19.2 Å². The molecule has 0 aliphatic carbocycles. The van der Waals surface area contributed by atoms with Crippen molar-refractivity contribution in [3.8, 4) is 0 Å². The smallest absolute Gasteiger partial charge is 0.224 e. The van der Waals surface area contributed by atoms with Gasteiger partial charge in [-0.3, -0.25) is 14.4 Å². The molecule has 0 aromatic carbocycles. The van der Waals surface area contributed by atoms with E-state index in [2.05, 4.69) is 5.32 Å². The summed E-state index contributed by atoms with van der Waals surface area (Å²) in [6.07, 6.45) is 5.25. The highest BCUT2D eigenvalue weighted by Gasteiger charge is 2.27. The first-order valence-electron chi connectivity index (χ1n) is 9.61. The van der Waals surface area contributed by atoms with Gasteiger partial charge in [0.15, 0.2) is 0 Å². The van der Waals surface area contributed by atoms with Crippen LogP contribution >= 0.6 is 0 Å². The normalized spacial score (nSPS) is 19.1. The van der Waals surface area contributed by atoms with E-state index in [1.807, 2.05) is 18.7 Å². The molecule has 2 heterocycles. The molecule has 0 radical (unpaired) electrons. The number of rotatable bonds is 7. The van der Waals surface area contributed by atoms with Crippen molar-refractivity contribution < 1.29 is 19.2 Å². The Balaban J connectivity index is 0.000000260. The van der Waals surface area contributed by atoms with Crippen LogP contribution in [0.25, 0.3) is 0 Å². The lowest BCUT2D eigenvalue weighted by atomic mass is 10.1. The minimum atomic E-state index is -0.104. The lowest BCUT2D eigenvalue weighted by Gasteiger charge is -2.26. The predicted molar refractivity (Wildman–Crippen MR) is 99.2 cm³/mol. The maximum atomic E-state index is 11.3. The minimum absolute atomic E-state index is 0.0773. The van der Waals surface area contributed by atoms with E-state index in [9.17, 15) is 19.2 Å². The summed E-state index contributed by atoms with van der Waals surface area (Å²) < 4.78 is 0. The van der Waals surface area contributed by atoms with Crippen molar-refractivity contribution in [2.75, 3.05) is 13.1 Å². The van der Waals surface area contributed by atoms with Crippen molar-refractivity contribution in [2.45, 2.75) is 84.8 Å². The van der Waals surface area contributed by atoms with Gasteiger partial charge >= 0.3 is 0 Å². The van der Waals surface area contributed by atoms with Crippen LogP contribution < -0.4 is 5.32 Å². The standard InChI is InChI=1S/C10H17NO2.C9H16N2O2/c1-8(5-6-9(2)12)11-7-3-4-10(11)13;1-3-8(10-7(2)12)11-6-4-5-9(11)13/h8H,3-7H2,1-2H3;8H,3-6H2,1-2H3,(H,10,12). The fourth-order valence-electron chi connectivity index (χ4n) is 3.34. The van der Waals surface area contributed by atoms with Crippen molar-refractivity contribution in [2.24, 2.45) is 0 Å². The second-order valence-electron chi connectivity index (χ2n) is 7.10. The average Bonchev–Trinajstić information content (AvgIpc) is 3.19. The number of amides is 3. The first-order chi connectivity index (χ1) is 12.3. The highest BCUT2D eigenvalue weighted by molar-refractivity contribution is 5.80. The molecule has 148 valence electrons. The molecule has 7 heteroatoms. The van der Waals surface area contributed by atoms with Crippen molar-refractivity contribution in [3.63, 3.8) is 0 Å². The second-order valence-corrected chi connectivity index (χ2v) is 7.10. The molecule has 3 amide bonds. The van der Waals surface area contributed by atoms with Crippen LogP contribution in [0.15, 0.2) is 0 Å².